The molecule has 7 heteroatoms. The van der Waals surface area contributed by atoms with Gasteiger partial charge in [-0.05, 0) is 24.5 Å². The average Bonchev–Trinajstić information content (AvgIpc) is 2.90. The molecular formula is C13H13N3O2S2. The van der Waals surface area contributed by atoms with E-state index in [1.807, 2.05) is 12.3 Å². The first-order chi connectivity index (χ1) is 9.74. The van der Waals surface area contributed by atoms with Crippen molar-refractivity contribution in [2.45, 2.75) is 4.21 Å². The molecule has 2 rings (SSSR count). The topological polar surface area (TPSA) is 63.6 Å². The van der Waals surface area contributed by atoms with Crippen LogP contribution in [0.1, 0.15) is 15.9 Å². The fourth-order valence-corrected chi connectivity index (χ4v) is 2.93. The highest BCUT2D eigenvalue weighted by molar-refractivity contribution is 8.00. The molecule has 2 heterocycles. The Labute approximate surface area is 125 Å². The summed E-state index contributed by atoms with van der Waals surface area (Å²) < 4.78 is 6.39. The first kappa shape index (κ1) is 14.5. The number of hydrogen-bond donors (Lipinski definition) is 1. The van der Waals surface area contributed by atoms with Crippen LogP contribution >= 0.6 is 23.1 Å². The van der Waals surface area contributed by atoms with Crippen molar-refractivity contribution in [3.8, 4) is 5.06 Å². The lowest BCUT2D eigenvalue weighted by molar-refractivity contribution is 0.0955. The van der Waals surface area contributed by atoms with Crippen LogP contribution in [0.25, 0.3) is 0 Å². The van der Waals surface area contributed by atoms with Gasteiger partial charge in [0.1, 0.15) is 0 Å². The Morgan fingerprint density at radius 1 is 1.50 bits per heavy atom. The zero-order valence-corrected chi connectivity index (χ0v) is 12.6. The lowest BCUT2D eigenvalue weighted by Gasteiger charge is -1.99. The number of methoxy groups -OCH3 is 1. The predicted octanol–water partition coefficient (Wildman–Crippen LogP) is 2.64. The van der Waals surface area contributed by atoms with Crippen molar-refractivity contribution in [3.05, 3.63) is 41.7 Å². The van der Waals surface area contributed by atoms with Crippen LogP contribution in [0.2, 0.25) is 0 Å². The van der Waals surface area contributed by atoms with Crippen molar-refractivity contribution in [1.29, 1.82) is 0 Å². The number of hydrazone groups is 1. The number of nitrogens with one attached hydrogen (secondary N) is 1. The maximum absolute atomic E-state index is 11.8. The molecule has 0 aliphatic carbocycles. The number of amides is 1. The SMILES string of the molecule is COc1sc(SC)cc1/C=N\NC(=O)c1ccncc1. The third-order valence-electron chi connectivity index (χ3n) is 2.40. The van der Waals surface area contributed by atoms with Crippen molar-refractivity contribution in [1.82, 2.24) is 10.4 Å². The van der Waals surface area contributed by atoms with Crippen LogP contribution in [0.15, 0.2) is 39.9 Å². The molecule has 0 fully saturated rings. The van der Waals surface area contributed by atoms with Gasteiger partial charge in [0.25, 0.3) is 5.91 Å². The number of nitrogens with zero attached hydrogens (tertiary/aromatic N) is 2. The largest absolute Gasteiger partial charge is 0.487 e. The van der Waals surface area contributed by atoms with E-state index in [0.717, 1.165) is 14.8 Å². The first-order valence-electron chi connectivity index (χ1n) is 5.70. The van der Waals surface area contributed by atoms with Gasteiger partial charge in [0.05, 0.1) is 17.5 Å². The smallest absolute Gasteiger partial charge is 0.271 e. The minimum absolute atomic E-state index is 0.275. The summed E-state index contributed by atoms with van der Waals surface area (Å²) in [6.07, 6.45) is 6.70. The van der Waals surface area contributed by atoms with E-state index >= 15 is 0 Å². The Kier molecular flexibility index (Phi) is 5.14. The fourth-order valence-electron chi connectivity index (χ4n) is 1.44. The summed E-state index contributed by atoms with van der Waals surface area (Å²) in [5, 5.41) is 4.72. The molecule has 104 valence electrons. The van der Waals surface area contributed by atoms with Gasteiger partial charge in [-0.25, -0.2) is 5.43 Å². The molecule has 1 amide bonds. The van der Waals surface area contributed by atoms with Gasteiger partial charge >= 0.3 is 0 Å². The van der Waals surface area contributed by atoms with Crippen molar-refractivity contribution in [3.63, 3.8) is 0 Å². The number of thioether (sulfide) groups is 1. The monoisotopic (exact) mass is 307 g/mol. The van der Waals surface area contributed by atoms with Gasteiger partial charge in [0, 0.05) is 23.5 Å². The average molecular weight is 307 g/mol. The highest BCUT2D eigenvalue weighted by Crippen LogP contribution is 2.34. The van der Waals surface area contributed by atoms with E-state index in [2.05, 4.69) is 15.5 Å². The molecule has 0 aliphatic rings. The first-order valence-corrected chi connectivity index (χ1v) is 7.74. The van der Waals surface area contributed by atoms with Gasteiger partial charge in [-0.1, -0.05) is 11.3 Å². The van der Waals surface area contributed by atoms with Crippen LogP contribution in [0, 0.1) is 0 Å². The number of carbonyl (C=O) groups excluding carboxylic acids is 1. The van der Waals surface area contributed by atoms with E-state index in [9.17, 15) is 4.79 Å². The van der Waals surface area contributed by atoms with E-state index in [4.69, 9.17) is 4.74 Å². The number of aromatic nitrogens is 1. The molecule has 0 aliphatic heterocycles. The van der Waals surface area contributed by atoms with Crippen LogP contribution in [0.3, 0.4) is 0 Å². The van der Waals surface area contributed by atoms with Crippen LogP contribution in [-0.2, 0) is 0 Å². The maximum atomic E-state index is 11.8. The molecule has 0 bridgehead atoms. The number of rotatable bonds is 5. The Hall–Kier alpha value is -1.86. The summed E-state index contributed by atoms with van der Waals surface area (Å²) in [5.41, 5.74) is 3.83. The third kappa shape index (κ3) is 3.58. The molecule has 0 saturated heterocycles. The molecule has 2 aromatic rings. The molecule has 2 aromatic heterocycles. The standard InChI is InChI=1S/C13H13N3O2S2/c1-18-13-10(7-11(19-2)20-13)8-15-16-12(17)9-3-5-14-6-4-9/h3-8H,1-2H3,(H,16,17)/b15-8-. The Balaban J connectivity index is 2.03. The maximum Gasteiger partial charge on any atom is 0.271 e. The molecule has 0 saturated carbocycles. The van der Waals surface area contributed by atoms with Crippen molar-refractivity contribution in [2.75, 3.05) is 13.4 Å². The van der Waals surface area contributed by atoms with E-state index in [0.29, 0.717) is 5.56 Å². The van der Waals surface area contributed by atoms with E-state index in [1.165, 1.54) is 0 Å². The van der Waals surface area contributed by atoms with Crippen molar-refractivity contribution in [2.24, 2.45) is 5.10 Å². The third-order valence-corrected chi connectivity index (χ3v) is 4.58. The van der Waals surface area contributed by atoms with Gasteiger partial charge in [0.15, 0.2) is 5.06 Å². The predicted molar refractivity (Wildman–Crippen MR) is 81.9 cm³/mol. The summed E-state index contributed by atoms with van der Waals surface area (Å²) in [6, 6.07) is 5.22. The number of carbonyl (C=O) groups is 1. The molecule has 20 heavy (non-hydrogen) atoms. The van der Waals surface area contributed by atoms with Gasteiger partial charge in [-0.3, -0.25) is 9.78 Å². The molecule has 0 unspecified atom stereocenters. The normalized spacial score (nSPS) is 10.7. The quantitative estimate of drug-likeness (QED) is 0.524. The van der Waals surface area contributed by atoms with E-state index in [1.54, 1.807) is 60.9 Å². The summed E-state index contributed by atoms with van der Waals surface area (Å²) in [7, 11) is 1.61. The highest BCUT2D eigenvalue weighted by atomic mass is 32.2. The minimum atomic E-state index is -0.275. The number of ether oxygens (including phenoxy) is 1. The number of thiophene rings is 1. The Morgan fingerprint density at radius 2 is 2.25 bits per heavy atom. The molecular weight excluding hydrogens is 294 g/mol. The highest BCUT2D eigenvalue weighted by Gasteiger charge is 2.07. The zero-order valence-electron chi connectivity index (χ0n) is 11.0. The molecule has 0 spiro atoms. The van der Waals surface area contributed by atoms with Gasteiger partial charge in [-0.2, -0.15) is 5.10 Å². The second-order valence-corrected chi connectivity index (χ2v) is 5.77. The lowest BCUT2D eigenvalue weighted by atomic mass is 10.3. The lowest BCUT2D eigenvalue weighted by Crippen LogP contribution is -2.17. The Morgan fingerprint density at radius 3 is 2.90 bits per heavy atom. The minimum Gasteiger partial charge on any atom is -0.487 e. The van der Waals surface area contributed by atoms with Crippen LogP contribution in [-0.4, -0.2) is 30.5 Å². The molecule has 1 N–H and O–H groups in total. The second kappa shape index (κ2) is 7.06. The fraction of sp³-hybridized carbons (Fsp3) is 0.154. The summed E-state index contributed by atoms with van der Waals surface area (Å²) in [6.45, 7) is 0. The number of hydrogen-bond acceptors (Lipinski definition) is 6. The van der Waals surface area contributed by atoms with Crippen LogP contribution in [0.4, 0.5) is 0 Å². The van der Waals surface area contributed by atoms with Gasteiger partial charge < -0.3 is 4.74 Å². The Bertz CT molecular complexity index is 611. The number of pyridine rings is 1. The summed E-state index contributed by atoms with van der Waals surface area (Å²) >= 11 is 3.18. The van der Waals surface area contributed by atoms with Gasteiger partial charge in [0.2, 0.25) is 0 Å². The second-order valence-electron chi connectivity index (χ2n) is 3.65. The van der Waals surface area contributed by atoms with Gasteiger partial charge in [-0.15, -0.1) is 11.8 Å². The van der Waals surface area contributed by atoms with Crippen LogP contribution < -0.4 is 10.2 Å². The molecule has 0 radical (unpaired) electrons. The zero-order chi connectivity index (χ0) is 14.4. The molecule has 5 nitrogen and oxygen atoms in total. The van der Waals surface area contributed by atoms with Crippen LogP contribution in [0.5, 0.6) is 5.06 Å². The van der Waals surface area contributed by atoms with E-state index in [-0.39, 0.29) is 5.91 Å². The molecule has 0 atom stereocenters. The summed E-state index contributed by atoms with van der Waals surface area (Å²) in [4.78, 5) is 15.6. The molecule has 0 aromatic carbocycles. The van der Waals surface area contributed by atoms with E-state index < -0.39 is 0 Å². The van der Waals surface area contributed by atoms with Crippen molar-refractivity contribution < 1.29 is 9.53 Å². The van der Waals surface area contributed by atoms with Crippen molar-refractivity contribution >= 4 is 35.2 Å². The summed E-state index contributed by atoms with van der Waals surface area (Å²) in [5.74, 6) is -0.275.